The number of fused-ring (bicyclic) bond motifs is 1. The van der Waals surface area contributed by atoms with Crippen LogP contribution in [0.5, 0.6) is 0 Å². The second-order valence-electron chi connectivity index (χ2n) is 8.89. The van der Waals surface area contributed by atoms with Crippen molar-refractivity contribution in [3.05, 3.63) is 57.8 Å². The Balaban J connectivity index is 1.64. The number of hydrogen-bond donors (Lipinski definition) is 1. The summed E-state index contributed by atoms with van der Waals surface area (Å²) < 4.78 is 16.0. The molecule has 1 N–H and O–H groups in total. The van der Waals surface area contributed by atoms with Crippen LogP contribution in [-0.4, -0.2) is 50.3 Å². The number of carbonyl (C=O) groups excluding carboxylic acids is 1. The van der Waals surface area contributed by atoms with Crippen molar-refractivity contribution >= 4 is 16.9 Å². The zero-order valence-corrected chi connectivity index (χ0v) is 18.2. The van der Waals surface area contributed by atoms with E-state index in [0.29, 0.717) is 49.0 Å². The predicted octanol–water partition coefficient (Wildman–Crippen LogP) is 3.18. The maximum absolute atomic E-state index is 14.2. The summed E-state index contributed by atoms with van der Waals surface area (Å²) in [5.41, 5.74) is 1.01. The molecular formula is C23H28FN5O2. The molecular weight excluding hydrogens is 397 g/mol. The predicted molar refractivity (Wildman–Crippen MR) is 117 cm³/mol. The highest BCUT2D eigenvalue weighted by atomic mass is 19.1. The fraction of sp³-hybridized carbons (Fsp3) is 0.478. The van der Waals surface area contributed by atoms with Gasteiger partial charge in [0.25, 0.3) is 5.56 Å². The minimum absolute atomic E-state index is 0.0135. The lowest BCUT2D eigenvalue weighted by atomic mass is 9.85. The van der Waals surface area contributed by atoms with E-state index in [4.69, 9.17) is 4.98 Å². The summed E-state index contributed by atoms with van der Waals surface area (Å²) in [6.07, 6.45) is 4.52. The van der Waals surface area contributed by atoms with E-state index in [1.165, 1.54) is 6.20 Å². The van der Waals surface area contributed by atoms with Gasteiger partial charge in [-0.3, -0.25) is 9.59 Å². The van der Waals surface area contributed by atoms with Crippen LogP contribution >= 0.6 is 0 Å². The molecule has 7 nitrogen and oxygen atoms in total. The van der Waals surface area contributed by atoms with Crippen LogP contribution < -0.4 is 5.56 Å². The molecule has 0 unspecified atom stereocenters. The van der Waals surface area contributed by atoms with Gasteiger partial charge in [0.15, 0.2) is 5.65 Å². The van der Waals surface area contributed by atoms with Gasteiger partial charge in [-0.05, 0) is 43.7 Å². The van der Waals surface area contributed by atoms with Crippen LogP contribution in [0, 0.1) is 0 Å². The third-order valence-corrected chi connectivity index (χ3v) is 6.17. The smallest absolute Gasteiger partial charge is 0.262 e. The van der Waals surface area contributed by atoms with Crippen molar-refractivity contribution in [2.75, 3.05) is 14.1 Å². The van der Waals surface area contributed by atoms with E-state index < -0.39 is 5.67 Å². The number of halogens is 1. The zero-order chi connectivity index (χ0) is 22.2. The molecule has 2 heterocycles. The quantitative estimate of drug-likeness (QED) is 0.681. The summed E-state index contributed by atoms with van der Waals surface area (Å²) in [5, 5.41) is 4.85. The summed E-state index contributed by atoms with van der Waals surface area (Å²) in [4.78, 5) is 34.0. The van der Waals surface area contributed by atoms with E-state index in [1.807, 2.05) is 24.3 Å². The molecule has 1 saturated carbocycles. The largest absolute Gasteiger partial charge is 0.349 e. The summed E-state index contributed by atoms with van der Waals surface area (Å²) in [6.45, 7) is 1.64. The van der Waals surface area contributed by atoms with Crippen LogP contribution in [0.4, 0.5) is 4.39 Å². The Morgan fingerprint density at radius 3 is 2.61 bits per heavy atom. The van der Waals surface area contributed by atoms with Crippen molar-refractivity contribution in [3.63, 3.8) is 0 Å². The van der Waals surface area contributed by atoms with Crippen LogP contribution in [0.1, 0.15) is 55.6 Å². The van der Waals surface area contributed by atoms with Crippen molar-refractivity contribution in [2.24, 2.45) is 0 Å². The van der Waals surface area contributed by atoms with Gasteiger partial charge in [0.2, 0.25) is 5.91 Å². The number of carbonyl (C=O) groups is 1. The fourth-order valence-corrected chi connectivity index (χ4v) is 4.19. The second kappa shape index (κ2) is 8.24. The van der Waals surface area contributed by atoms with Crippen LogP contribution in [0.15, 0.2) is 35.3 Å². The molecule has 0 atom stereocenters. The van der Waals surface area contributed by atoms with Gasteiger partial charge in [0.1, 0.15) is 16.9 Å². The number of aromatic amines is 1. The molecule has 0 radical (unpaired) electrons. The molecule has 1 aliphatic rings. The number of amides is 1. The standard InChI is InChI=1S/C23H28FN5O2/c1-23(24)10-8-17(9-11-23)29-21-18(14-25-29)22(31)27-19(26-21)12-15-6-4-5-7-16(15)13-20(30)28(2)3/h4-7,14,17H,8-13H2,1-3H3,(H,26,27,31). The summed E-state index contributed by atoms with van der Waals surface area (Å²) >= 11 is 0. The van der Waals surface area contributed by atoms with Crippen molar-refractivity contribution in [2.45, 2.75) is 57.2 Å². The Labute approximate surface area is 180 Å². The van der Waals surface area contributed by atoms with E-state index >= 15 is 0 Å². The Morgan fingerprint density at radius 2 is 1.94 bits per heavy atom. The third-order valence-electron chi connectivity index (χ3n) is 6.17. The molecule has 1 fully saturated rings. The number of benzene rings is 1. The van der Waals surface area contributed by atoms with Crippen molar-refractivity contribution < 1.29 is 9.18 Å². The number of aromatic nitrogens is 4. The lowest BCUT2D eigenvalue weighted by Crippen LogP contribution is -2.28. The highest BCUT2D eigenvalue weighted by Crippen LogP contribution is 2.37. The summed E-state index contributed by atoms with van der Waals surface area (Å²) in [6, 6.07) is 7.72. The van der Waals surface area contributed by atoms with E-state index in [9.17, 15) is 14.0 Å². The van der Waals surface area contributed by atoms with Gasteiger partial charge in [-0.1, -0.05) is 24.3 Å². The van der Waals surface area contributed by atoms with Gasteiger partial charge in [-0.2, -0.15) is 5.10 Å². The average molecular weight is 426 g/mol. The molecule has 31 heavy (non-hydrogen) atoms. The van der Waals surface area contributed by atoms with Gasteiger partial charge >= 0.3 is 0 Å². The number of nitrogens with one attached hydrogen (secondary N) is 1. The molecule has 1 amide bonds. The molecule has 0 bridgehead atoms. The maximum Gasteiger partial charge on any atom is 0.262 e. The Hall–Kier alpha value is -3.03. The monoisotopic (exact) mass is 425 g/mol. The van der Waals surface area contributed by atoms with Gasteiger partial charge in [0, 0.05) is 20.5 Å². The highest BCUT2D eigenvalue weighted by Gasteiger charge is 2.32. The van der Waals surface area contributed by atoms with Gasteiger partial charge in [-0.15, -0.1) is 0 Å². The molecule has 0 saturated heterocycles. The van der Waals surface area contributed by atoms with Gasteiger partial charge in [-0.25, -0.2) is 14.1 Å². The van der Waals surface area contributed by atoms with Crippen LogP contribution in [-0.2, 0) is 17.6 Å². The van der Waals surface area contributed by atoms with Crippen LogP contribution in [0.25, 0.3) is 11.0 Å². The number of rotatable bonds is 5. The molecule has 2 aromatic heterocycles. The molecule has 3 aromatic rings. The molecule has 1 aromatic carbocycles. The summed E-state index contributed by atoms with van der Waals surface area (Å²) in [5.74, 6) is 0.537. The van der Waals surface area contributed by atoms with E-state index in [-0.39, 0.29) is 23.9 Å². The minimum Gasteiger partial charge on any atom is -0.349 e. The number of likely N-dealkylation sites (N-methyl/N-ethyl adjacent to an activating group) is 1. The van der Waals surface area contributed by atoms with E-state index in [0.717, 1.165) is 11.1 Å². The first-order chi connectivity index (χ1) is 14.7. The molecule has 0 aliphatic heterocycles. The van der Waals surface area contributed by atoms with E-state index in [2.05, 4.69) is 10.1 Å². The SMILES string of the molecule is CN(C)C(=O)Cc1ccccc1Cc1nc2c(cnn2C2CCC(C)(F)CC2)c(=O)[nH]1. The first kappa shape index (κ1) is 21.2. The van der Waals surface area contributed by atoms with Gasteiger partial charge < -0.3 is 9.88 Å². The van der Waals surface area contributed by atoms with Crippen molar-refractivity contribution in [3.8, 4) is 0 Å². The van der Waals surface area contributed by atoms with Crippen molar-refractivity contribution in [1.82, 2.24) is 24.6 Å². The summed E-state index contributed by atoms with van der Waals surface area (Å²) in [7, 11) is 3.46. The zero-order valence-electron chi connectivity index (χ0n) is 18.2. The molecule has 0 spiro atoms. The lowest BCUT2D eigenvalue weighted by molar-refractivity contribution is -0.127. The number of hydrogen-bond acceptors (Lipinski definition) is 4. The number of alkyl halides is 1. The fourth-order valence-electron chi connectivity index (χ4n) is 4.19. The Bertz CT molecular complexity index is 1150. The first-order valence-electron chi connectivity index (χ1n) is 10.7. The average Bonchev–Trinajstić information content (AvgIpc) is 3.14. The molecule has 8 heteroatoms. The number of nitrogens with zero attached hydrogens (tertiary/aromatic N) is 4. The minimum atomic E-state index is -1.14. The van der Waals surface area contributed by atoms with Crippen LogP contribution in [0.2, 0.25) is 0 Å². The highest BCUT2D eigenvalue weighted by molar-refractivity contribution is 5.78. The first-order valence-corrected chi connectivity index (χ1v) is 10.7. The Morgan fingerprint density at radius 1 is 1.26 bits per heavy atom. The topological polar surface area (TPSA) is 83.9 Å². The lowest BCUT2D eigenvalue weighted by Gasteiger charge is -2.31. The van der Waals surface area contributed by atoms with E-state index in [1.54, 1.807) is 30.6 Å². The van der Waals surface area contributed by atoms with Gasteiger partial charge in [0.05, 0.1) is 18.7 Å². The normalized spacial score (nSPS) is 21.4. The molecule has 4 rings (SSSR count). The molecule has 1 aliphatic carbocycles. The second-order valence-corrected chi connectivity index (χ2v) is 8.89. The third kappa shape index (κ3) is 4.52. The maximum atomic E-state index is 14.2. The number of H-pyrrole nitrogens is 1. The Kier molecular flexibility index (Phi) is 5.64. The molecule has 164 valence electrons. The van der Waals surface area contributed by atoms with Crippen LogP contribution in [0.3, 0.4) is 0 Å². The van der Waals surface area contributed by atoms with Crippen molar-refractivity contribution in [1.29, 1.82) is 0 Å².